The molecule has 2 rings (SSSR count). The summed E-state index contributed by atoms with van der Waals surface area (Å²) in [6.07, 6.45) is 0. The Balaban J connectivity index is 1.88. The zero-order chi connectivity index (χ0) is 8.82. The van der Waals surface area contributed by atoms with Crippen LogP contribution in [0.15, 0.2) is 0 Å². The van der Waals surface area contributed by atoms with E-state index >= 15 is 0 Å². The zero-order valence-corrected chi connectivity index (χ0v) is 8.18. The standard InChI is InChI=1S/C9H18N2O/c1-8(4-10-5-8)11-6-9(2,7-11)12-3/h10H,4-7H2,1-3H3. The number of nitrogens with one attached hydrogen (secondary N) is 1. The Morgan fingerprint density at radius 2 is 1.83 bits per heavy atom. The summed E-state index contributed by atoms with van der Waals surface area (Å²) in [5.74, 6) is 0. The first kappa shape index (κ1) is 8.48. The van der Waals surface area contributed by atoms with Gasteiger partial charge < -0.3 is 10.1 Å². The molecule has 2 heterocycles. The van der Waals surface area contributed by atoms with Gasteiger partial charge in [0.15, 0.2) is 0 Å². The van der Waals surface area contributed by atoms with Crippen molar-refractivity contribution in [3.05, 3.63) is 0 Å². The van der Waals surface area contributed by atoms with Crippen molar-refractivity contribution in [1.82, 2.24) is 10.2 Å². The molecular weight excluding hydrogens is 152 g/mol. The molecule has 0 unspecified atom stereocenters. The molecule has 0 spiro atoms. The molecule has 2 saturated heterocycles. The Labute approximate surface area is 74.1 Å². The molecule has 12 heavy (non-hydrogen) atoms. The fraction of sp³-hybridized carbons (Fsp3) is 1.00. The minimum absolute atomic E-state index is 0.124. The van der Waals surface area contributed by atoms with Gasteiger partial charge in [-0.15, -0.1) is 0 Å². The molecule has 0 saturated carbocycles. The van der Waals surface area contributed by atoms with E-state index in [0.717, 1.165) is 26.2 Å². The lowest BCUT2D eigenvalue weighted by atomic mass is 9.84. The van der Waals surface area contributed by atoms with Crippen LogP contribution in [0.2, 0.25) is 0 Å². The summed E-state index contributed by atoms with van der Waals surface area (Å²) >= 11 is 0. The van der Waals surface area contributed by atoms with Crippen molar-refractivity contribution in [2.24, 2.45) is 0 Å². The first-order valence-electron chi connectivity index (χ1n) is 4.59. The summed E-state index contributed by atoms with van der Waals surface area (Å²) in [6, 6.07) is 0. The summed E-state index contributed by atoms with van der Waals surface area (Å²) in [5.41, 5.74) is 0.538. The third kappa shape index (κ3) is 1.08. The van der Waals surface area contributed by atoms with Crippen LogP contribution < -0.4 is 5.32 Å². The third-order valence-electron chi connectivity index (χ3n) is 3.32. The van der Waals surface area contributed by atoms with Crippen molar-refractivity contribution < 1.29 is 4.74 Å². The van der Waals surface area contributed by atoms with E-state index < -0.39 is 0 Å². The number of hydrogen-bond acceptors (Lipinski definition) is 3. The van der Waals surface area contributed by atoms with Crippen LogP contribution in [0.1, 0.15) is 13.8 Å². The van der Waals surface area contributed by atoms with Crippen LogP contribution in [0.25, 0.3) is 0 Å². The number of rotatable bonds is 2. The molecule has 0 aliphatic carbocycles. The average Bonchev–Trinajstić information content (AvgIpc) is 1.94. The second kappa shape index (κ2) is 2.44. The van der Waals surface area contributed by atoms with Crippen LogP contribution >= 0.6 is 0 Å². The molecule has 2 aliphatic rings. The van der Waals surface area contributed by atoms with Gasteiger partial charge in [0.25, 0.3) is 0 Å². The second-order valence-electron chi connectivity index (χ2n) is 4.61. The first-order valence-corrected chi connectivity index (χ1v) is 4.59. The van der Waals surface area contributed by atoms with Gasteiger partial charge >= 0.3 is 0 Å². The second-order valence-corrected chi connectivity index (χ2v) is 4.61. The summed E-state index contributed by atoms with van der Waals surface area (Å²) in [7, 11) is 1.80. The van der Waals surface area contributed by atoms with Gasteiger partial charge in [0.1, 0.15) is 0 Å². The predicted molar refractivity (Wildman–Crippen MR) is 48.3 cm³/mol. The van der Waals surface area contributed by atoms with Crippen molar-refractivity contribution in [3.8, 4) is 0 Å². The summed E-state index contributed by atoms with van der Waals surface area (Å²) in [5, 5.41) is 3.31. The van der Waals surface area contributed by atoms with Crippen molar-refractivity contribution >= 4 is 0 Å². The Morgan fingerprint density at radius 3 is 2.17 bits per heavy atom. The van der Waals surface area contributed by atoms with Crippen molar-refractivity contribution in [1.29, 1.82) is 0 Å². The van der Waals surface area contributed by atoms with Gasteiger partial charge in [-0.25, -0.2) is 0 Å². The Morgan fingerprint density at radius 1 is 1.25 bits per heavy atom. The Kier molecular flexibility index (Phi) is 1.72. The smallest absolute Gasteiger partial charge is 0.0903 e. The SMILES string of the molecule is COC1(C)CN(C2(C)CNC2)C1. The number of likely N-dealkylation sites (tertiary alicyclic amines) is 1. The highest BCUT2D eigenvalue weighted by Gasteiger charge is 2.49. The van der Waals surface area contributed by atoms with Gasteiger partial charge in [0, 0.05) is 38.8 Å². The molecule has 1 N–H and O–H groups in total. The minimum Gasteiger partial charge on any atom is -0.376 e. The van der Waals surface area contributed by atoms with Crippen LogP contribution in [0.3, 0.4) is 0 Å². The Bertz CT molecular complexity index is 183. The fourth-order valence-electron chi connectivity index (χ4n) is 1.98. The third-order valence-corrected chi connectivity index (χ3v) is 3.32. The van der Waals surface area contributed by atoms with Crippen LogP contribution in [0.4, 0.5) is 0 Å². The highest BCUT2D eigenvalue weighted by Crippen LogP contribution is 2.32. The lowest BCUT2D eigenvalue weighted by Gasteiger charge is -2.58. The molecule has 2 fully saturated rings. The number of hydrogen-bond donors (Lipinski definition) is 1. The van der Waals surface area contributed by atoms with E-state index in [-0.39, 0.29) is 5.60 Å². The van der Waals surface area contributed by atoms with E-state index in [4.69, 9.17) is 4.74 Å². The lowest BCUT2D eigenvalue weighted by molar-refractivity contribution is -0.157. The monoisotopic (exact) mass is 170 g/mol. The van der Waals surface area contributed by atoms with E-state index in [1.54, 1.807) is 7.11 Å². The molecule has 70 valence electrons. The lowest BCUT2D eigenvalue weighted by Crippen LogP contribution is -2.76. The molecule has 3 nitrogen and oxygen atoms in total. The van der Waals surface area contributed by atoms with Gasteiger partial charge in [-0.3, -0.25) is 4.90 Å². The van der Waals surface area contributed by atoms with Crippen LogP contribution in [0, 0.1) is 0 Å². The van der Waals surface area contributed by atoms with Gasteiger partial charge in [-0.05, 0) is 13.8 Å². The molecule has 0 aromatic carbocycles. The van der Waals surface area contributed by atoms with Gasteiger partial charge in [-0.2, -0.15) is 0 Å². The molecule has 0 aromatic rings. The molecule has 0 bridgehead atoms. The van der Waals surface area contributed by atoms with Gasteiger partial charge in [0.05, 0.1) is 5.60 Å². The molecule has 0 radical (unpaired) electrons. The predicted octanol–water partition coefficient (Wildman–Crippen LogP) is 0.0690. The van der Waals surface area contributed by atoms with E-state index in [9.17, 15) is 0 Å². The Hall–Kier alpha value is -0.120. The van der Waals surface area contributed by atoms with Crippen LogP contribution in [0.5, 0.6) is 0 Å². The normalized spacial score (nSPS) is 32.2. The van der Waals surface area contributed by atoms with E-state index in [1.165, 1.54) is 0 Å². The maximum Gasteiger partial charge on any atom is 0.0903 e. The number of ether oxygens (including phenoxy) is 1. The molecule has 3 heteroatoms. The highest BCUT2D eigenvalue weighted by molar-refractivity contribution is 5.07. The van der Waals surface area contributed by atoms with Crippen molar-refractivity contribution in [2.75, 3.05) is 33.3 Å². The summed E-state index contributed by atoms with van der Waals surface area (Å²) < 4.78 is 5.41. The van der Waals surface area contributed by atoms with Gasteiger partial charge in [-0.1, -0.05) is 0 Å². The molecule has 2 aliphatic heterocycles. The molecule has 0 atom stereocenters. The molecule has 0 aromatic heterocycles. The zero-order valence-electron chi connectivity index (χ0n) is 8.18. The van der Waals surface area contributed by atoms with Gasteiger partial charge in [0.2, 0.25) is 0 Å². The van der Waals surface area contributed by atoms with E-state index in [1.807, 2.05) is 0 Å². The van der Waals surface area contributed by atoms with Crippen LogP contribution in [-0.4, -0.2) is 49.3 Å². The average molecular weight is 170 g/mol. The highest BCUT2D eigenvalue weighted by atomic mass is 16.5. The van der Waals surface area contributed by atoms with Crippen molar-refractivity contribution in [2.45, 2.75) is 25.0 Å². The maximum atomic E-state index is 5.41. The fourth-order valence-corrected chi connectivity index (χ4v) is 1.98. The van der Waals surface area contributed by atoms with E-state index in [2.05, 4.69) is 24.1 Å². The molecule has 0 amide bonds. The molecular formula is C9H18N2O. The quantitative estimate of drug-likeness (QED) is 0.634. The van der Waals surface area contributed by atoms with Crippen LogP contribution in [-0.2, 0) is 4.74 Å². The number of nitrogens with zero attached hydrogens (tertiary/aromatic N) is 1. The summed E-state index contributed by atoms with van der Waals surface area (Å²) in [6.45, 7) is 8.93. The topological polar surface area (TPSA) is 24.5 Å². The maximum absolute atomic E-state index is 5.41. The van der Waals surface area contributed by atoms with E-state index in [0.29, 0.717) is 5.54 Å². The summed E-state index contributed by atoms with van der Waals surface area (Å²) in [4.78, 5) is 2.51. The largest absolute Gasteiger partial charge is 0.376 e. The first-order chi connectivity index (χ1) is 5.58. The van der Waals surface area contributed by atoms with Crippen molar-refractivity contribution in [3.63, 3.8) is 0 Å². The number of methoxy groups -OCH3 is 1. The minimum atomic E-state index is 0.124.